The van der Waals surface area contributed by atoms with E-state index in [0.29, 0.717) is 12.4 Å². The quantitative estimate of drug-likeness (QED) is 0.766. The lowest BCUT2D eigenvalue weighted by atomic mass is 10.0. The summed E-state index contributed by atoms with van der Waals surface area (Å²) in [5.74, 6) is 0.555. The number of hydrogen-bond donors (Lipinski definition) is 2. The Hall–Kier alpha value is -2.93. The van der Waals surface area contributed by atoms with Gasteiger partial charge in [-0.25, -0.2) is 9.66 Å². The maximum absolute atomic E-state index is 11.3. The number of nitrogens with one attached hydrogen (secondary N) is 1. The van der Waals surface area contributed by atoms with Crippen molar-refractivity contribution >= 4 is 5.91 Å². The monoisotopic (exact) mass is 324 g/mol. The van der Waals surface area contributed by atoms with Gasteiger partial charge < -0.3 is 5.73 Å². The number of amides is 1. The molecule has 0 atom stereocenters. The molecule has 3 aromatic rings. The Bertz CT molecular complexity index is 875. The topological polar surface area (TPSA) is 90.8 Å². The lowest BCUT2D eigenvalue weighted by Gasteiger charge is -2.06. The molecule has 124 valence electrons. The van der Waals surface area contributed by atoms with E-state index in [1.807, 2.05) is 42.9 Å². The Balaban J connectivity index is 2.05. The zero-order valence-electron chi connectivity index (χ0n) is 13.9. The van der Waals surface area contributed by atoms with E-state index < -0.39 is 0 Å². The number of carbonyl (C=O) groups excluding carboxylic acids is 1. The lowest BCUT2D eigenvalue weighted by molar-refractivity contribution is -0.115. The van der Waals surface area contributed by atoms with Gasteiger partial charge in [-0.05, 0) is 12.5 Å². The number of aryl methyl sites for hydroxylation is 2. The number of imidazole rings is 1. The molecule has 1 amide bonds. The molecule has 0 fully saturated rings. The predicted octanol–water partition coefficient (Wildman–Crippen LogP) is 1.81. The fraction of sp³-hybridized carbons (Fsp3) is 0.235. The van der Waals surface area contributed by atoms with Gasteiger partial charge >= 0.3 is 0 Å². The molecule has 24 heavy (non-hydrogen) atoms. The van der Waals surface area contributed by atoms with Gasteiger partial charge in [0.1, 0.15) is 5.82 Å². The SMILES string of the molecule is CC(=O)Nn1cc(-c2cnn(C)c2-c2ccc(CN)cc2)nc1C. The Morgan fingerprint density at radius 1 is 1.29 bits per heavy atom. The van der Waals surface area contributed by atoms with Gasteiger partial charge in [-0.3, -0.25) is 14.9 Å². The molecule has 2 aromatic heterocycles. The molecule has 3 N–H and O–H groups in total. The first-order chi connectivity index (χ1) is 11.5. The van der Waals surface area contributed by atoms with E-state index in [2.05, 4.69) is 15.5 Å². The minimum Gasteiger partial charge on any atom is -0.326 e. The van der Waals surface area contributed by atoms with Crippen molar-refractivity contribution in [2.45, 2.75) is 20.4 Å². The highest BCUT2D eigenvalue weighted by atomic mass is 16.2. The van der Waals surface area contributed by atoms with Gasteiger partial charge in [0.15, 0.2) is 0 Å². The van der Waals surface area contributed by atoms with Gasteiger partial charge in [-0.15, -0.1) is 0 Å². The van der Waals surface area contributed by atoms with Crippen molar-refractivity contribution in [2.24, 2.45) is 12.8 Å². The molecular formula is C17H20N6O. The molecular weight excluding hydrogens is 304 g/mol. The van der Waals surface area contributed by atoms with E-state index in [1.165, 1.54) is 6.92 Å². The zero-order chi connectivity index (χ0) is 17.3. The summed E-state index contributed by atoms with van der Waals surface area (Å²) in [4.78, 5) is 15.8. The predicted molar refractivity (Wildman–Crippen MR) is 92.5 cm³/mol. The van der Waals surface area contributed by atoms with Crippen LogP contribution < -0.4 is 11.2 Å². The molecule has 3 rings (SSSR count). The smallest absolute Gasteiger partial charge is 0.235 e. The van der Waals surface area contributed by atoms with Crippen LogP contribution in [0.4, 0.5) is 0 Å². The van der Waals surface area contributed by atoms with E-state index in [9.17, 15) is 4.79 Å². The molecule has 0 aliphatic rings. The number of carbonyl (C=O) groups is 1. The number of hydrogen-bond acceptors (Lipinski definition) is 4. The molecule has 0 bridgehead atoms. The summed E-state index contributed by atoms with van der Waals surface area (Å²) in [7, 11) is 1.90. The summed E-state index contributed by atoms with van der Waals surface area (Å²) in [5, 5.41) is 4.37. The van der Waals surface area contributed by atoms with Crippen molar-refractivity contribution in [1.29, 1.82) is 0 Å². The highest BCUT2D eigenvalue weighted by Gasteiger charge is 2.16. The fourth-order valence-electron chi connectivity index (χ4n) is 2.65. The van der Waals surface area contributed by atoms with Crippen molar-refractivity contribution in [2.75, 3.05) is 5.43 Å². The van der Waals surface area contributed by atoms with Gasteiger partial charge in [0.05, 0.1) is 23.8 Å². The Morgan fingerprint density at radius 3 is 2.62 bits per heavy atom. The van der Waals surface area contributed by atoms with E-state index >= 15 is 0 Å². The summed E-state index contributed by atoms with van der Waals surface area (Å²) < 4.78 is 3.44. The van der Waals surface area contributed by atoms with Crippen LogP contribution in [-0.4, -0.2) is 25.3 Å². The second-order valence-electron chi connectivity index (χ2n) is 5.64. The number of rotatable bonds is 4. The Morgan fingerprint density at radius 2 is 2.00 bits per heavy atom. The van der Waals surface area contributed by atoms with Crippen molar-refractivity contribution in [3.63, 3.8) is 0 Å². The summed E-state index contributed by atoms with van der Waals surface area (Å²) >= 11 is 0. The van der Waals surface area contributed by atoms with Crippen LogP contribution in [0.2, 0.25) is 0 Å². The molecule has 7 heteroatoms. The van der Waals surface area contributed by atoms with Gasteiger partial charge in [0.25, 0.3) is 0 Å². The maximum atomic E-state index is 11.3. The first-order valence-corrected chi connectivity index (χ1v) is 7.65. The first-order valence-electron chi connectivity index (χ1n) is 7.65. The van der Waals surface area contributed by atoms with E-state index in [0.717, 1.165) is 28.1 Å². The molecule has 0 radical (unpaired) electrons. The Kier molecular flexibility index (Phi) is 4.18. The van der Waals surface area contributed by atoms with Crippen molar-refractivity contribution in [3.05, 3.63) is 48.0 Å². The highest BCUT2D eigenvalue weighted by Crippen LogP contribution is 2.31. The number of benzene rings is 1. The second kappa shape index (κ2) is 6.29. The number of nitrogens with two attached hydrogens (primary N) is 1. The van der Waals surface area contributed by atoms with E-state index in [-0.39, 0.29) is 5.91 Å². The van der Waals surface area contributed by atoms with Crippen molar-refractivity contribution < 1.29 is 4.79 Å². The molecule has 0 aliphatic heterocycles. The molecule has 2 heterocycles. The third kappa shape index (κ3) is 2.93. The van der Waals surface area contributed by atoms with Crippen LogP contribution in [0.3, 0.4) is 0 Å². The highest BCUT2D eigenvalue weighted by molar-refractivity contribution is 5.82. The summed E-state index contributed by atoms with van der Waals surface area (Å²) in [5.41, 5.74) is 13.1. The third-order valence-corrected chi connectivity index (χ3v) is 3.84. The third-order valence-electron chi connectivity index (χ3n) is 3.84. The normalized spacial score (nSPS) is 10.8. The van der Waals surface area contributed by atoms with Crippen LogP contribution in [0.25, 0.3) is 22.5 Å². The second-order valence-corrected chi connectivity index (χ2v) is 5.64. The van der Waals surface area contributed by atoms with Crippen LogP contribution in [0.5, 0.6) is 0 Å². The molecule has 0 saturated heterocycles. The van der Waals surface area contributed by atoms with E-state index in [1.54, 1.807) is 17.1 Å². The minimum absolute atomic E-state index is 0.147. The van der Waals surface area contributed by atoms with Crippen LogP contribution in [0.1, 0.15) is 18.3 Å². The Labute approximate surface area is 140 Å². The first kappa shape index (κ1) is 15.9. The van der Waals surface area contributed by atoms with Crippen molar-refractivity contribution in [1.82, 2.24) is 19.4 Å². The average Bonchev–Trinajstić information content (AvgIpc) is 3.10. The van der Waals surface area contributed by atoms with Crippen LogP contribution >= 0.6 is 0 Å². The lowest BCUT2D eigenvalue weighted by Crippen LogP contribution is -2.19. The largest absolute Gasteiger partial charge is 0.326 e. The standard InChI is InChI=1S/C17H20N6O/c1-11-20-16(10-23(11)21-12(2)24)15-9-19-22(3)17(15)14-6-4-13(8-18)5-7-14/h4-7,9-10H,8,18H2,1-3H3,(H,21,24). The van der Waals surface area contributed by atoms with Crippen LogP contribution in [0, 0.1) is 6.92 Å². The summed E-state index contributed by atoms with van der Waals surface area (Å²) in [6.45, 7) is 3.82. The fourth-order valence-corrected chi connectivity index (χ4v) is 2.65. The molecule has 0 spiro atoms. The molecule has 7 nitrogen and oxygen atoms in total. The van der Waals surface area contributed by atoms with Gasteiger partial charge in [0, 0.05) is 31.6 Å². The maximum Gasteiger partial charge on any atom is 0.235 e. The molecule has 0 aliphatic carbocycles. The van der Waals surface area contributed by atoms with Gasteiger partial charge in [-0.2, -0.15) is 5.10 Å². The van der Waals surface area contributed by atoms with Gasteiger partial charge in [-0.1, -0.05) is 24.3 Å². The zero-order valence-corrected chi connectivity index (χ0v) is 13.9. The number of nitrogens with zero attached hydrogens (tertiary/aromatic N) is 4. The molecule has 1 aromatic carbocycles. The average molecular weight is 324 g/mol. The molecule has 0 unspecified atom stereocenters. The summed E-state index contributed by atoms with van der Waals surface area (Å²) in [6, 6.07) is 8.07. The minimum atomic E-state index is -0.147. The molecule has 0 saturated carbocycles. The summed E-state index contributed by atoms with van der Waals surface area (Å²) in [6.07, 6.45) is 3.58. The van der Waals surface area contributed by atoms with Crippen LogP contribution in [-0.2, 0) is 18.4 Å². The van der Waals surface area contributed by atoms with Crippen LogP contribution in [0.15, 0.2) is 36.7 Å². The van der Waals surface area contributed by atoms with E-state index in [4.69, 9.17) is 5.73 Å². The number of aromatic nitrogens is 4. The van der Waals surface area contributed by atoms with Gasteiger partial charge in [0.2, 0.25) is 5.91 Å². The van der Waals surface area contributed by atoms with Crippen molar-refractivity contribution in [3.8, 4) is 22.5 Å².